The Morgan fingerprint density at radius 1 is 1.05 bits per heavy atom. The minimum absolute atomic E-state index is 0.0573. The lowest BCUT2D eigenvalue weighted by Gasteiger charge is -2.37. The van der Waals surface area contributed by atoms with Crippen molar-refractivity contribution in [1.82, 2.24) is 24.9 Å². The fourth-order valence-corrected chi connectivity index (χ4v) is 6.40. The zero-order valence-corrected chi connectivity index (χ0v) is 23.9. The Balaban J connectivity index is 1.21. The number of piperidine rings is 1. The molecule has 5 rings (SSSR count). The fraction of sp³-hybridized carbons (Fsp3) is 0.633. The Bertz CT molecular complexity index is 1200. The van der Waals surface area contributed by atoms with E-state index in [0.29, 0.717) is 31.9 Å². The van der Waals surface area contributed by atoms with Gasteiger partial charge in [-0.2, -0.15) is 5.10 Å². The molecule has 40 heavy (non-hydrogen) atoms. The van der Waals surface area contributed by atoms with Crippen LogP contribution in [0.1, 0.15) is 66.4 Å². The Hall–Kier alpha value is -2.95. The third kappa shape index (κ3) is 6.19. The van der Waals surface area contributed by atoms with Crippen molar-refractivity contribution in [1.29, 1.82) is 0 Å². The summed E-state index contributed by atoms with van der Waals surface area (Å²) in [5.41, 5.74) is 6.71. The predicted octanol–water partition coefficient (Wildman–Crippen LogP) is 1.68. The van der Waals surface area contributed by atoms with E-state index in [2.05, 4.69) is 42.3 Å². The van der Waals surface area contributed by atoms with E-state index in [9.17, 15) is 14.7 Å². The minimum Gasteiger partial charge on any atom is -0.396 e. The van der Waals surface area contributed by atoms with Gasteiger partial charge in [-0.15, -0.1) is 0 Å². The number of carbonyl (C=O) groups excluding carboxylic acids is 2. The highest BCUT2D eigenvalue weighted by molar-refractivity contribution is 5.77. The van der Waals surface area contributed by atoms with Gasteiger partial charge in [0.05, 0.1) is 6.61 Å². The second-order valence-corrected chi connectivity index (χ2v) is 11.5. The molecule has 10 heteroatoms. The molecule has 10 nitrogen and oxygen atoms in total. The molecule has 3 N–H and O–H groups in total. The van der Waals surface area contributed by atoms with Gasteiger partial charge < -0.3 is 25.3 Å². The lowest BCUT2D eigenvalue weighted by atomic mass is 9.94. The zero-order chi connectivity index (χ0) is 28.2. The number of hydrogen-bond donors (Lipinski definition) is 3. The smallest absolute Gasteiger partial charge is 0.244 e. The van der Waals surface area contributed by atoms with Crippen LogP contribution in [0, 0.1) is 13.8 Å². The summed E-state index contributed by atoms with van der Waals surface area (Å²) in [5.74, 6) is -0.0531. The molecule has 3 aliphatic rings. The molecular weight excluding hydrogens is 508 g/mol. The first-order chi connectivity index (χ1) is 19.4. The number of aromatic nitrogens is 2. The fourth-order valence-electron chi connectivity index (χ4n) is 6.40. The molecule has 1 aliphatic carbocycles. The van der Waals surface area contributed by atoms with Gasteiger partial charge in [0, 0.05) is 68.7 Å². The van der Waals surface area contributed by atoms with E-state index in [-0.39, 0.29) is 37.4 Å². The summed E-state index contributed by atoms with van der Waals surface area (Å²) >= 11 is 0. The summed E-state index contributed by atoms with van der Waals surface area (Å²) in [7, 11) is 0. The number of aliphatic hydroxyl groups is 2. The molecule has 2 amide bonds. The van der Waals surface area contributed by atoms with Crippen molar-refractivity contribution >= 4 is 17.5 Å². The van der Waals surface area contributed by atoms with Gasteiger partial charge in [-0.25, -0.2) is 0 Å². The molecule has 2 fully saturated rings. The van der Waals surface area contributed by atoms with Crippen molar-refractivity contribution in [3.63, 3.8) is 0 Å². The standard InChI is InChI=1S/C30H44N6O4/c1-21-6-5-9-25(22(21)2)33-15-17-34(18-16-33)28(39)20-36-26-8-4-3-7-24(26)29(32-36)30(40)35-13-10-23(11-14-35)31-27(38)12-19-37/h5-6,9,23,30,37,40H,3-4,7-8,10-20H2,1-2H3,(H,31,38). The van der Waals surface area contributed by atoms with Gasteiger partial charge in [-0.3, -0.25) is 19.2 Å². The Morgan fingerprint density at radius 2 is 1.77 bits per heavy atom. The van der Waals surface area contributed by atoms with Crippen molar-refractivity contribution in [2.75, 3.05) is 50.8 Å². The van der Waals surface area contributed by atoms with Crippen LogP contribution < -0.4 is 10.2 Å². The van der Waals surface area contributed by atoms with Gasteiger partial charge in [0.2, 0.25) is 11.8 Å². The first-order valence-electron chi connectivity index (χ1n) is 14.9. The summed E-state index contributed by atoms with van der Waals surface area (Å²) < 4.78 is 1.86. The van der Waals surface area contributed by atoms with E-state index >= 15 is 0 Å². The Kier molecular flexibility index (Phi) is 9.07. The lowest BCUT2D eigenvalue weighted by Crippen LogP contribution is -2.50. The molecule has 0 radical (unpaired) electrons. The minimum atomic E-state index is -0.821. The molecule has 1 unspecified atom stereocenters. The summed E-state index contributed by atoms with van der Waals surface area (Å²) in [6, 6.07) is 6.46. The average Bonchev–Trinajstić information content (AvgIpc) is 3.33. The highest BCUT2D eigenvalue weighted by Gasteiger charge is 2.32. The summed E-state index contributed by atoms with van der Waals surface area (Å²) in [6.07, 6.45) is 4.65. The summed E-state index contributed by atoms with van der Waals surface area (Å²) in [4.78, 5) is 31.6. The number of anilines is 1. The van der Waals surface area contributed by atoms with E-state index < -0.39 is 6.23 Å². The maximum Gasteiger partial charge on any atom is 0.244 e. The van der Waals surface area contributed by atoms with Crippen LogP contribution in [0.3, 0.4) is 0 Å². The van der Waals surface area contributed by atoms with E-state index in [1.165, 1.54) is 16.8 Å². The van der Waals surface area contributed by atoms with Gasteiger partial charge in [0.15, 0.2) is 6.23 Å². The average molecular weight is 553 g/mol. The third-order valence-corrected chi connectivity index (χ3v) is 8.95. The number of nitrogens with one attached hydrogen (secondary N) is 1. The number of rotatable bonds is 8. The van der Waals surface area contributed by atoms with Gasteiger partial charge in [0.1, 0.15) is 12.2 Å². The van der Waals surface area contributed by atoms with Crippen molar-refractivity contribution in [3.8, 4) is 0 Å². The molecule has 1 aromatic carbocycles. The number of aliphatic hydroxyl groups excluding tert-OH is 2. The number of carbonyl (C=O) groups is 2. The van der Waals surface area contributed by atoms with Crippen LogP contribution in [-0.4, -0.2) is 93.5 Å². The van der Waals surface area contributed by atoms with Gasteiger partial charge in [-0.05, 0) is 69.6 Å². The van der Waals surface area contributed by atoms with Crippen LogP contribution in [0.2, 0.25) is 0 Å². The highest BCUT2D eigenvalue weighted by Crippen LogP contribution is 2.31. The third-order valence-electron chi connectivity index (χ3n) is 8.95. The van der Waals surface area contributed by atoms with E-state index in [0.717, 1.165) is 62.9 Å². The lowest BCUT2D eigenvalue weighted by molar-refractivity contribution is -0.132. The second-order valence-electron chi connectivity index (χ2n) is 11.5. The largest absolute Gasteiger partial charge is 0.396 e. The molecule has 0 spiro atoms. The van der Waals surface area contributed by atoms with Crippen molar-refractivity contribution < 1.29 is 19.8 Å². The number of fused-ring (bicyclic) bond motifs is 1. The Morgan fingerprint density at radius 3 is 2.50 bits per heavy atom. The van der Waals surface area contributed by atoms with Crippen molar-refractivity contribution in [3.05, 3.63) is 46.3 Å². The monoisotopic (exact) mass is 552 g/mol. The molecule has 1 atom stereocenters. The molecule has 1 aromatic heterocycles. The molecule has 218 valence electrons. The number of piperazine rings is 1. The topological polar surface area (TPSA) is 114 Å². The number of amides is 2. The normalized spacial score (nSPS) is 19.4. The second kappa shape index (κ2) is 12.7. The number of hydrogen-bond acceptors (Lipinski definition) is 7. The zero-order valence-electron chi connectivity index (χ0n) is 23.9. The van der Waals surface area contributed by atoms with Crippen LogP contribution in [0.15, 0.2) is 18.2 Å². The maximum absolute atomic E-state index is 13.4. The number of benzene rings is 1. The SMILES string of the molecule is Cc1cccc(N2CCN(C(=O)Cn3nc(C(O)N4CCC(NC(=O)CCO)CC4)c4c3CCCC4)CC2)c1C. The number of aryl methyl sites for hydroxylation is 1. The van der Waals surface area contributed by atoms with Gasteiger partial charge in [0.25, 0.3) is 0 Å². The molecule has 0 bridgehead atoms. The van der Waals surface area contributed by atoms with Crippen molar-refractivity contribution in [2.45, 2.75) is 77.6 Å². The number of likely N-dealkylation sites (tertiary alicyclic amines) is 1. The van der Waals surface area contributed by atoms with Crippen LogP contribution in [0.5, 0.6) is 0 Å². The molecule has 2 aliphatic heterocycles. The van der Waals surface area contributed by atoms with E-state index in [1.807, 2.05) is 14.5 Å². The molecular formula is C30H44N6O4. The van der Waals surface area contributed by atoms with Gasteiger partial charge in [-0.1, -0.05) is 12.1 Å². The van der Waals surface area contributed by atoms with Crippen LogP contribution in [0.25, 0.3) is 0 Å². The summed E-state index contributed by atoms with van der Waals surface area (Å²) in [5, 5.41) is 28.1. The Labute approximate surface area is 236 Å². The molecule has 3 heterocycles. The summed E-state index contributed by atoms with van der Waals surface area (Å²) in [6.45, 7) is 8.66. The predicted molar refractivity (Wildman–Crippen MR) is 153 cm³/mol. The first kappa shape index (κ1) is 28.6. The van der Waals surface area contributed by atoms with Crippen molar-refractivity contribution in [2.24, 2.45) is 0 Å². The molecule has 2 saturated heterocycles. The quantitative estimate of drug-likeness (QED) is 0.457. The van der Waals surface area contributed by atoms with Crippen LogP contribution in [0.4, 0.5) is 5.69 Å². The number of nitrogens with zero attached hydrogens (tertiary/aromatic N) is 5. The van der Waals surface area contributed by atoms with E-state index in [1.54, 1.807) is 0 Å². The van der Waals surface area contributed by atoms with Gasteiger partial charge >= 0.3 is 0 Å². The highest BCUT2D eigenvalue weighted by atomic mass is 16.3. The molecule has 2 aromatic rings. The van der Waals surface area contributed by atoms with Crippen LogP contribution in [-0.2, 0) is 29.0 Å². The first-order valence-corrected chi connectivity index (χ1v) is 14.9. The van der Waals surface area contributed by atoms with E-state index in [4.69, 9.17) is 10.2 Å². The van der Waals surface area contributed by atoms with Crippen LogP contribution >= 0.6 is 0 Å². The maximum atomic E-state index is 13.4. The molecule has 0 saturated carbocycles.